The van der Waals surface area contributed by atoms with E-state index < -0.39 is 0 Å². The number of ether oxygens (including phenoxy) is 1. The average Bonchev–Trinajstić information content (AvgIpc) is 2.68. The van der Waals surface area contributed by atoms with E-state index in [0.29, 0.717) is 28.8 Å². The Bertz CT molecular complexity index is 898. The highest BCUT2D eigenvalue weighted by Gasteiger charge is 2.21. The predicted octanol–water partition coefficient (Wildman–Crippen LogP) is 3.41. The van der Waals surface area contributed by atoms with Crippen LogP contribution in [0, 0.1) is 5.92 Å². The molecule has 1 aromatic carbocycles. The third kappa shape index (κ3) is 3.37. The summed E-state index contributed by atoms with van der Waals surface area (Å²) in [7, 11) is 1.65. The van der Waals surface area contributed by atoms with E-state index in [2.05, 4.69) is 32.1 Å². The van der Waals surface area contributed by atoms with Gasteiger partial charge in [-0.3, -0.25) is 0 Å². The zero-order valence-corrected chi connectivity index (χ0v) is 15.0. The molecule has 7 nitrogen and oxygen atoms in total. The second-order valence-electron chi connectivity index (χ2n) is 6.65. The molecule has 26 heavy (non-hydrogen) atoms. The maximum Gasteiger partial charge on any atom is 0.229 e. The summed E-state index contributed by atoms with van der Waals surface area (Å²) >= 11 is 0. The van der Waals surface area contributed by atoms with Gasteiger partial charge in [-0.05, 0) is 43.0 Å². The first-order chi connectivity index (χ1) is 12.7. The fourth-order valence-electron chi connectivity index (χ4n) is 3.26. The van der Waals surface area contributed by atoms with Crippen molar-refractivity contribution in [3.8, 4) is 5.75 Å². The van der Waals surface area contributed by atoms with Crippen molar-refractivity contribution in [3.05, 3.63) is 36.7 Å². The second kappa shape index (κ2) is 7.11. The van der Waals surface area contributed by atoms with Crippen LogP contribution in [0.2, 0.25) is 0 Å². The highest BCUT2D eigenvalue weighted by Crippen LogP contribution is 2.27. The van der Waals surface area contributed by atoms with Crippen LogP contribution in [-0.4, -0.2) is 40.1 Å². The van der Waals surface area contributed by atoms with Crippen LogP contribution in [0.5, 0.6) is 5.75 Å². The van der Waals surface area contributed by atoms with Gasteiger partial charge in [0.25, 0.3) is 0 Å². The number of nitrogens with zero attached hydrogens (tertiary/aromatic N) is 5. The lowest BCUT2D eigenvalue weighted by Crippen LogP contribution is -2.35. The molecule has 1 aliphatic heterocycles. The summed E-state index contributed by atoms with van der Waals surface area (Å²) in [6, 6.07) is 7.72. The molecule has 0 spiro atoms. The molecule has 1 fully saturated rings. The highest BCUT2D eigenvalue weighted by molar-refractivity contribution is 5.85. The molecule has 0 bridgehead atoms. The number of methoxy groups -OCH3 is 1. The lowest BCUT2D eigenvalue weighted by Gasteiger charge is -2.31. The molecule has 1 saturated heterocycles. The van der Waals surface area contributed by atoms with E-state index in [1.165, 1.54) is 6.42 Å². The molecule has 0 aliphatic carbocycles. The minimum absolute atomic E-state index is 0.603. The normalized spacial score (nSPS) is 17.3. The van der Waals surface area contributed by atoms with E-state index in [4.69, 9.17) is 9.72 Å². The van der Waals surface area contributed by atoms with Gasteiger partial charge in [-0.1, -0.05) is 6.92 Å². The van der Waals surface area contributed by atoms with E-state index in [0.717, 1.165) is 30.9 Å². The topological polar surface area (TPSA) is 76.1 Å². The van der Waals surface area contributed by atoms with Crippen molar-refractivity contribution in [1.82, 2.24) is 19.9 Å². The van der Waals surface area contributed by atoms with E-state index in [-0.39, 0.29) is 0 Å². The molecule has 1 N–H and O–H groups in total. The monoisotopic (exact) mass is 350 g/mol. The van der Waals surface area contributed by atoms with Gasteiger partial charge < -0.3 is 15.0 Å². The first kappa shape index (κ1) is 16.5. The first-order valence-corrected chi connectivity index (χ1v) is 8.88. The number of benzene rings is 1. The van der Waals surface area contributed by atoms with Gasteiger partial charge in [-0.25, -0.2) is 9.97 Å². The smallest absolute Gasteiger partial charge is 0.229 e. The number of anilines is 3. The van der Waals surface area contributed by atoms with Gasteiger partial charge in [0.1, 0.15) is 5.75 Å². The number of fused-ring (bicyclic) bond motifs is 1. The van der Waals surface area contributed by atoms with Crippen LogP contribution in [0.4, 0.5) is 17.5 Å². The van der Waals surface area contributed by atoms with Gasteiger partial charge >= 0.3 is 0 Å². The number of nitrogens with one attached hydrogen (secondary N) is 1. The van der Waals surface area contributed by atoms with E-state index in [1.54, 1.807) is 19.5 Å². The number of hydrogen-bond acceptors (Lipinski definition) is 7. The Morgan fingerprint density at radius 1 is 1.12 bits per heavy atom. The van der Waals surface area contributed by atoms with Crippen molar-refractivity contribution in [3.63, 3.8) is 0 Å². The van der Waals surface area contributed by atoms with Gasteiger partial charge in [0.15, 0.2) is 17.0 Å². The molecule has 3 aromatic rings. The van der Waals surface area contributed by atoms with Crippen LogP contribution in [0.15, 0.2) is 36.7 Å². The van der Waals surface area contributed by atoms with Crippen molar-refractivity contribution in [1.29, 1.82) is 0 Å². The molecule has 0 saturated carbocycles. The maximum absolute atomic E-state index is 5.22. The Hall–Kier alpha value is -2.96. The van der Waals surface area contributed by atoms with E-state index in [1.807, 2.05) is 24.3 Å². The quantitative estimate of drug-likeness (QED) is 0.772. The van der Waals surface area contributed by atoms with Crippen LogP contribution in [0.1, 0.15) is 19.8 Å². The fourth-order valence-corrected chi connectivity index (χ4v) is 3.26. The molecular formula is C19H22N6O. The summed E-state index contributed by atoms with van der Waals surface area (Å²) < 4.78 is 5.22. The molecular weight excluding hydrogens is 328 g/mol. The Balaban J connectivity index is 1.71. The van der Waals surface area contributed by atoms with Crippen molar-refractivity contribution < 1.29 is 4.74 Å². The zero-order valence-electron chi connectivity index (χ0n) is 15.0. The van der Waals surface area contributed by atoms with Crippen LogP contribution in [-0.2, 0) is 0 Å². The Morgan fingerprint density at radius 2 is 1.92 bits per heavy atom. The molecule has 1 unspecified atom stereocenters. The Morgan fingerprint density at radius 3 is 2.69 bits per heavy atom. The first-order valence-electron chi connectivity index (χ1n) is 8.88. The molecule has 134 valence electrons. The summed E-state index contributed by atoms with van der Waals surface area (Å²) in [6.07, 6.45) is 5.73. The molecule has 0 radical (unpaired) electrons. The number of rotatable bonds is 4. The maximum atomic E-state index is 5.22. The van der Waals surface area contributed by atoms with E-state index in [9.17, 15) is 0 Å². The largest absolute Gasteiger partial charge is 0.497 e. The molecule has 3 heterocycles. The average molecular weight is 350 g/mol. The van der Waals surface area contributed by atoms with Gasteiger partial charge in [-0.2, -0.15) is 9.97 Å². The van der Waals surface area contributed by atoms with Crippen molar-refractivity contribution in [2.24, 2.45) is 5.92 Å². The summed E-state index contributed by atoms with van der Waals surface area (Å²) in [5.74, 6) is 2.83. The lowest BCUT2D eigenvalue weighted by atomic mass is 10.0. The van der Waals surface area contributed by atoms with Crippen molar-refractivity contribution in [2.75, 3.05) is 30.4 Å². The SMILES string of the molecule is COc1ccc(Nc2nc(N3CCCC(C)C3)nc3nccnc23)cc1. The number of aromatic nitrogens is 4. The third-order valence-corrected chi connectivity index (χ3v) is 4.61. The third-order valence-electron chi connectivity index (χ3n) is 4.61. The fraction of sp³-hybridized carbons (Fsp3) is 0.368. The van der Waals surface area contributed by atoms with Gasteiger partial charge in [0.2, 0.25) is 5.95 Å². The molecule has 0 amide bonds. The zero-order chi connectivity index (χ0) is 17.9. The van der Waals surface area contributed by atoms with Crippen molar-refractivity contribution in [2.45, 2.75) is 19.8 Å². The van der Waals surface area contributed by atoms with Crippen LogP contribution in [0.3, 0.4) is 0 Å². The molecule has 7 heteroatoms. The minimum atomic E-state index is 0.603. The molecule has 2 aromatic heterocycles. The molecule has 1 atom stereocenters. The lowest BCUT2D eigenvalue weighted by molar-refractivity contribution is 0.415. The predicted molar refractivity (Wildman–Crippen MR) is 102 cm³/mol. The van der Waals surface area contributed by atoms with Crippen LogP contribution < -0.4 is 15.0 Å². The van der Waals surface area contributed by atoms with E-state index >= 15 is 0 Å². The van der Waals surface area contributed by atoms with Gasteiger partial charge in [0, 0.05) is 31.2 Å². The highest BCUT2D eigenvalue weighted by atomic mass is 16.5. The summed E-state index contributed by atoms with van der Waals surface area (Å²) in [4.78, 5) is 20.5. The molecule has 1 aliphatic rings. The van der Waals surface area contributed by atoms with Gasteiger partial charge in [-0.15, -0.1) is 0 Å². The minimum Gasteiger partial charge on any atom is -0.497 e. The second-order valence-corrected chi connectivity index (χ2v) is 6.65. The standard InChI is InChI=1S/C19H22N6O/c1-13-4-3-11-25(12-13)19-23-17-16(20-9-10-21-17)18(24-19)22-14-5-7-15(26-2)8-6-14/h5-10,13H,3-4,11-12H2,1-2H3,(H,21,22,23,24). The van der Waals surface area contributed by atoms with Crippen LogP contribution >= 0.6 is 0 Å². The van der Waals surface area contributed by atoms with Crippen LogP contribution in [0.25, 0.3) is 11.2 Å². The Labute approximate surface area is 152 Å². The number of piperidine rings is 1. The summed E-state index contributed by atoms with van der Waals surface area (Å²) in [5, 5.41) is 3.35. The van der Waals surface area contributed by atoms with Gasteiger partial charge in [0.05, 0.1) is 7.11 Å². The molecule has 4 rings (SSSR count). The number of hydrogen-bond donors (Lipinski definition) is 1. The van der Waals surface area contributed by atoms with Crippen molar-refractivity contribution >= 4 is 28.6 Å². The Kier molecular flexibility index (Phi) is 4.51. The summed E-state index contributed by atoms with van der Waals surface area (Å²) in [6.45, 7) is 4.20. The summed E-state index contributed by atoms with van der Waals surface area (Å²) in [5.41, 5.74) is 2.18.